The molecule has 0 aliphatic carbocycles. The molecule has 19 heavy (non-hydrogen) atoms. The van der Waals surface area contributed by atoms with Crippen molar-refractivity contribution in [2.45, 2.75) is 0 Å². The fraction of sp³-hybridized carbons (Fsp3) is 0. The van der Waals surface area contributed by atoms with Crippen LogP contribution in [0.5, 0.6) is 0 Å². The van der Waals surface area contributed by atoms with Crippen LogP contribution < -0.4 is 5.32 Å². The summed E-state index contributed by atoms with van der Waals surface area (Å²) in [5.41, 5.74) is 0.157. The number of nitrogens with zero attached hydrogens (tertiary/aromatic N) is 1. The van der Waals surface area contributed by atoms with E-state index in [2.05, 4.69) is 10.3 Å². The Balaban J connectivity index is 2.22. The molecule has 6 heteroatoms. The van der Waals surface area contributed by atoms with E-state index in [1.807, 2.05) is 0 Å². The van der Waals surface area contributed by atoms with Crippen molar-refractivity contribution < 1.29 is 19.1 Å². The third kappa shape index (κ3) is 2.92. The predicted octanol–water partition coefficient (Wildman–Crippen LogP) is 2.17. The van der Waals surface area contributed by atoms with E-state index >= 15 is 0 Å². The summed E-state index contributed by atoms with van der Waals surface area (Å²) in [6.07, 6.45) is 2.23. The highest BCUT2D eigenvalue weighted by Crippen LogP contribution is 2.13. The summed E-state index contributed by atoms with van der Waals surface area (Å²) >= 11 is 0. The van der Waals surface area contributed by atoms with Gasteiger partial charge in [-0.3, -0.25) is 9.78 Å². The van der Waals surface area contributed by atoms with Crippen molar-refractivity contribution >= 4 is 17.6 Å². The summed E-state index contributed by atoms with van der Waals surface area (Å²) < 4.78 is 13.3. The second-order valence-electron chi connectivity index (χ2n) is 3.70. The van der Waals surface area contributed by atoms with Gasteiger partial charge in [-0.15, -0.1) is 0 Å². The molecule has 0 saturated heterocycles. The molecule has 1 aromatic heterocycles. The van der Waals surface area contributed by atoms with Gasteiger partial charge in [0.05, 0.1) is 17.3 Å². The number of benzene rings is 1. The molecule has 0 aliphatic rings. The number of anilines is 1. The zero-order valence-electron chi connectivity index (χ0n) is 9.63. The first-order valence-electron chi connectivity index (χ1n) is 5.32. The zero-order chi connectivity index (χ0) is 13.8. The van der Waals surface area contributed by atoms with Crippen molar-refractivity contribution in [1.82, 2.24) is 4.98 Å². The topological polar surface area (TPSA) is 79.3 Å². The van der Waals surface area contributed by atoms with Crippen LogP contribution >= 0.6 is 0 Å². The molecule has 0 aliphatic heterocycles. The summed E-state index contributed by atoms with van der Waals surface area (Å²) in [5, 5.41) is 11.2. The van der Waals surface area contributed by atoms with Crippen LogP contribution in [-0.2, 0) is 0 Å². The smallest absolute Gasteiger partial charge is 0.335 e. The van der Waals surface area contributed by atoms with Crippen molar-refractivity contribution in [3.8, 4) is 0 Å². The number of carboxylic acids is 1. The van der Waals surface area contributed by atoms with E-state index in [0.717, 1.165) is 6.20 Å². The van der Waals surface area contributed by atoms with Gasteiger partial charge in [0.1, 0.15) is 0 Å². The van der Waals surface area contributed by atoms with Gasteiger partial charge in [-0.1, -0.05) is 6.07 Å². The highest BCUT2D eigenvalue weighted by Gasteiger charge is 2.12. The number of carboxylic acid groups (broad SMARTS) is 1. The van der Waals surface area contributed by atoms with Crippen molar-refractivity contribution in [1.29, 1.82) is 0 Å². The van der Waals surface area contributed by atoms with Gasteiger partial charge in [-0.05, 0) is 24.3 Å². The van der Waals surface area contributed by atoms with Gasteiger partial charge in [-0.25, -0.2) is 9.18 Å². The number of aromatic nitrogens is 1. The summed E-state index contributed by atoms with van der Waals surface area (Å²) in [6, 6.07) is 6.93. The van der Waals surface area contributed by atoms with Crippen molar-refractivity contribution in [3.05, 3.63) is 59.7 Å². The maximum Gasteiger partial charge on any atom is 0.335 e. The fourth-order valence-electron chi connectivity index (χ4n) is 1.49. The molecular weight excluding hydrogens is 251 g/mol. The molecule has 0 fully saturated rings. The molecule has 0 bridgehead atoms. The number of hydrogen-bond acceptors (Lipinski definition) is 3. The van der Waals surface area contributed by atoms with Crippen molar-refractivity contribution in [3.63, 3.8) is 0 Å². The van der Waals surface area contributed by atoms with Crippen LogP contribution in [0.15, 0.2) is 42.7 Å². The van der Waals surface area contributed by atoms with Gasteiger partial charge in [0.25, 0.3) is 5.91 Å². The van der Waals surface area contributed by atoms with Crippen LogP contribution in [0.1, 0.15) is 20.7 Å². The minimum absolute atomic E-state index is 0.0352. The summed E-state index contributed by atoms with van der Waals surface area (Å²) in [6.45, 7) is 0. The number of nitrogens with one attached hydrogen (secondary N) is 1. The van der Waals surface area contributed by atoms with Gasteiger partial charge >= 0.3 is 5.97 Å². The average molecular weight is 260 g/mol. The lowest BCUT2D eigenvalue weighted by atomic mass is 10.2. The molecule has 0 unspecified atom stereocenters. The monoisotopic (exact) mass is 260 g/mol. The predicted molar refractivity (Wildman–Crippen MR) is 65.5 cm³/mol. The van der Waals surface area contributed by atoms with Gasteiger partial charge in [0.15, 0.2) is 5.82 Å². The van der Waals surface area contributed by atoms with E-state index < -0.39 is 17.7 Å². The van der Waals surface area contributed by atoms with Gasteiger partial charge in [-0.2, -0.15) is 0 Å². The average Bonchev–Trinajstić information content (AvgIpc) is 2.39. The Hall–Kier alpha value is -2.76. The standard InChI is InChI=1S/C13H9FN2O3/c14-11-7-15-5-4-10(11)12(17)16-9-3-1-2-8(6-9)13(18)19/h1-7H,(H,16,17)(H,18,19). The molecule has 0 atom stereocenters. The summed E-state index contributed by atoms with van der Waals surface area (Å²) in [4.78, 5) is 26.1. The van der Waals surface area contributed by atoms with Crippen LogP contribution in [0.3, 0.4) is 0 Å². The maximum absolute atomic E-state index is 13.3. The van der Waals surface area contributed by atoms with E-state index in [-0.39, 0.29) is 16.8 Å². The quantitative estimate of drug-likeness (QED) is 0.886. The Morgan fingerprint density at radius 3 is 2.74 bits per heavy atom. The highest BCUT2D eigenvalue weighted by atomic mass is 19.1. The normalized spacial score (nSPS) is 9.95. The number of pyridine rings is 1. The Bertz CT molecular complexity index is 643. The SMILES string of the molecule is O=C(O)c1cccc(NC(=O)c2ccncc2F)c1. The molecule has 5 nitrogen and oxygen atoms in total. The molecule has 1 amide bonds. The molecular formula is C13H9FN2O3. The number of halogens is 1. The molecule has 1 aromatic carbocycles. The van der Waals surface area contributed by atoms with Crippen molar-refractivity contribution in [2.24, 2.45) is 0 Å². The number of carbonyl (C=O) groups excluding carboxylic acids is 1. The molecule has 0 spiro atoms. The third-order valence-corrected chi connectivity index (χ3v) is 2.38. The first-order valence-corrected chi connectivity index (χ1v) is 5.32. The number of hydrogen-bond donors (Lipinski definition) is 2. The van der Waals surface area contributed by atoms with Gasteiger partial charge in [0, 0.05) is 11.9 Å². The minimum Gasteiger partial charge on any atom is -0.478 e. The fourth-order valence-corrected chi connectivity index (χ4v) is 1.49. The lowest BCUT2D eigenvalue weighted by Gasteiger charge is -2.06. The lowest BCUT2D eigenvalue weighted by Crippen LogP contribution is -2.14. The van der Waals surface area contributed by atoms with Crippen LogP contribution in [0, 0.1) is 5.82 Å². The van der Waals surface area contributed by atoms with Crippen LogP contribution in [-0.4, -0.2) is 22.0 Å². The largest absolute Gasteiger partial charge is 0.478 e. The van der Waals surface area contributed by atoms with Crippen LogP contribution in [0.4, 0.5) is 10.1 Å². The Labute approximate surface area is 107 Å². The highest BCUT2D eigenvalue weighted by molar-refractivity contribution is 6.04. The van der Waals surface area contributed by atoms with E-state index in [0.29, 0.717) is 0 Å². The second kappa shape index (κ2) is 5.26. The van der Waals surface area contributed by atoms with E-state index in [1.54, 1.807) is 0 Å². The first-order chi connectivity index (χ1) is 9.08. The van der Waals surface area contributed by atoms with Gasteiger partial charge < -0.3 is 10.4 Å². The van der Waals surface area contributed by atoms with Gasteiger partial charge in [0.2, 0.25) is 0 Å². The van der Waals surface area contributed by atoms with E-state index in [4.69, 9.17) is 5.11 Å². The van der Waals surface area contributed by atoms with Crippen LogP contribution in [0.2, 0.25) is 0 Å². The molecule has 2 N–H and O–H groups in total. The van der Waals surface area contributed by atoms with E-state index in [9.17, 15) is 14.0 Å². The maximum atomic E-state index is 13.3. The second-order valence-corrected chi connectivity index (χ2v) is 3.70. The molecule has 96 valence electrons. The first kappa shape index (κ1) is 12.7. The van der Waals surface area contributed by atoms with Crippen molar-refractivity contribution in [2.75, 3.05) is 5.32 Å². The van der Waals surface area contributed by atoms with E-state index in [1.165, 1.54) is 36.5 Å². The molecule has 1 heterocycles. The number of aromatic carboxylic acids is 1. The lowest BCUT2D eigenvalue weighted by molar-refractivity contribution is 0.0696. The zero-order valence-corrected chi connectivity index (χ0v) is 9.63. The molecule has 2 aromatic rings. The van der Waals surface area contributed by atoms with Crippen LogP contribution in [0.25, 0.3) is 0 Å². The minimum atomic E-state index is -1.11. The number of amides is 1. The molecule has 2 rings (SSSR count). The Morgan fingerprint density at radius 1 is 1.26 bits per heavy atom. The summed E-state index contributed by atoms with van der Waals surface area (Å²) in [5.74, 6) is -2.51. The number of rotatable bonds is 3. The summed E-state index contributed by atoms with van der Waals surface area (Å²) in [7, 11) is 0. The Morgan fingerprint density at radius 2 is 2.05 bits per heavy atom. The number of carbonyl (C=O) groups is 2. The Kier molecular flexibility index (Phi) is 3.51. The molecule has 0 radical (unpaired) electrons. The molecule has 0 saturated carbocycles. The third-order valence-electron chi connectivity index (χ3n) is 2.38.